The van der Waals surface area contributed by atoms with Crippen LogP contribution in [0.3, 0.4) is 0 Å². The third kappa shape index (κ3) is 4.28. The molecule has 0 aliphatic carbocycles. The number of nitrogens with zero attached hydrogens (tertiary/aromatic N) is 2. The predicted molar refractivity (Wildman–Crippen MR) is 82.3 cm³/mol. The molecule has 5 nitrogen and oxygen atoms in total. The standard InChI is InChI=1S/C14H25N3O2S/c1-12(15-2)13-6-8-14(9-7-13)20(18,19)17(5)11-10-16(3)4/h6-9,12,15H,10-11H2,1-5H3. The summed E-state index contributed by atoms with van der Waals surface area (Å²) in [6, 6.07) is 7.26. The first-order chi connectivity index (χ1) is 9.28. The van der Waals surface area contributed by atoms with Crippen molar-refractivity contribution >= 4 is 10.0 Å². The second-order valence-corrected chi connectivity index (χ2v) is 7.25. The normalized spacial score (nSPS) is 13.9. The van der Waals surface area contributed by atoms with Gasteiger partial charge in [0.15, 0.2) is 0 Å². The molecule has 0 saturated carbocycles. The second kappa shape index (κ2) is 7.17. The van der Waals surface area contributed by atoms with E-state index in [-0.39, 0.29) is 6.04 Å². The lowest BCUT2D eigenvalue weighted by molar-refractivity contribution is 0.358. The molecule has 0 fully saturated rings. The third-order valence-corrected chi connectivity index (χ3v) is 5.25. The van der Waals surface area contributed by atoms with Crippen molar-refractivity contribution in [2.45, 2.75) is 17.9 Å². The van der Waals surface area contributed by atoms with Gasteiger partial charge in [0.2, 0.25) is 10.0 Å². The van der Waals surface area contributed by atoms with Crippen molar-refractivity contribution < 1.29 is 8.42 Å². The van der Waals surface area contributed by atoms with Crippen molar-refractivity contribution in [2.24, 2.45) is 0 Å². The SMILES string of the molecule is CNC(C)c1ccc(S(=O)(=O)N(C)CCN(C)C)cc1. The molecule has 114 valence electrons. The van der Waals surface area contributed by atoms with Gasteiger partial charge < -0.3 is 10.2 Å². The number of nitrogens with one attached hydrogen (secondary N) is 1. The molecular weight excluding hydrogens is 274 g/mol. The lowest BCUT2D eigenvalue weighted by Crippen LogP contribution is -2.33. The monoisotopic (exact) mass is 299 g/mol. The zero-order valence-corrected chi connectivity index (χ0v) is 13.7. The van der Waals surface area contributed by atoms with E-state index in [1.807, 2.05) is 45.1 Å². The second-order valence-electron chi connectivity index (χ2n) is 5.21. The number of rotatable bonds is 7. The van der Waals surface area contributed by atoms with E-state index in [0.717, 1.165) is 5.56 Å². The van der Waals surface area contributed by atoms with Crippen molar-refractivity contribution in [3.63, 3.8) is 0 Å². The molecule has 1 atom stereocenters. The number of sulfonamides is 1. The summed E-state index contributed by atoms with van der Waals surface area (Å²) in [5.74, 6) is 0. The van der Waals surface area contributed by atoms with Gasteiger partial charge in [0, 0.05) is 26.2 Å². The van der Waals surface area contributed by atoms with Crippen molar-refractivity contribution in [3.8, 4) is 0 Å². The van der Waals surface area contributed by atoms with Crippen LogP contribution in [0, 0.1) is 0 Å². The molecule has 0 bridgehead atoms. The van der Waals surface area contributed by atoms with E-state index in [4.69, 9.17) is 0 Å². The highest BCUT2D eigenvalue weighted by molar-refractivity contribution is 7.89. The number of hydrogen-bond donors (Lipinski definition) is 1. The van der Waals surface area contributed by atoms with Gasteiger partial charge in [-0.3, -0.25) is 0 Å². The van der Waals surface area contributed by atoms with Gasteiger partial charge >= 0.3 is 0 Å². The van der Waals surface area contributed by atoms with Crippen molar-refractivity contribution in [2.75, 3.05) is 41.3 Å². The van der Waals surface area contributed by atoms with Crippen LogP contribution in [-0.4, -0.2) is 58.9 Å². The Morgan fingerprint density at radius 2 is 1.65 bits per heavy atom. The number of benzene rings is 1. The minimum Gasteiger partial charge on any atom is -0.313 e. The summed E-state index contributed by atoms with van der Waals surface area (Å²) in [4.78, 5) is 2.30. The topological polar surface area (TPSA) is 52.7 Å². The van der Waals surface area contributed by atoms with E-state index in [2.05, 4.69) is 5.32 Å². The van der Waals surface area contributed by atoms with E-state index >= 15 is 0 Å². The number of hydrogen-bond acceptors (Lipinski definition) is 4. The first kappa shape index (κ1) is 17.1. The Labute approximate surface area is 122 Å². The molecule has 1 aromatic carbocycles. The molecule has 0 radical (unpaired) electrons. The van der Waals surface area contributed by atoms with Crippen LogP contribution < -0.4 is 5.32 Å². The minimum atomic E-state index is -3.40. The van der Waals surface area contributed by atoms with Gasteiger partial charge in [0.05, 0.1) is 4.90 Å². The highest BCUT2D eigenvalue weighted by Gasteiger charge is 2.20. The Morgan fingerprint density at radius 3 is 2.10 bits per heavy atom. The van der Waals surface area contributed by atoms with Gasteiger partial charge in [-0.15, -0.1) is 0 Å². The number of likely N-dealkylation sites (N-methyl/N-ethyl adjacent to an activating group) is 2. The van der Waals surface area contributed by atoms with Crippen molar-refractivity contribution in [1.82, 2.24) is 14.5 Å². The molecular formula is C14H25N3O2S. The smallest absolute Gasteiger partial charge is 0.242 e. The van der Waals surface area contributed by atoms with Crippen LogP contribution in [0.5, 0.6) is 0 Å². The van der Waals surface area contributed by atoms with Gasteiger partial charge in [0.1, 0.15) is 0 Å². The van der Waals surface area contributed by atoms with Crippen LogP contribution in [0.4, 0.5) is 0 Å². The fourth-order valence-electron chi connectivity index (χ4n) is 1.74. The fraction of sp³-hybridized carbons (Fsp3) is 0.571. The fourth-order valence-corrected chi connectivity index (χ4v) is 2.90. The van der Waals surface area contributed by atoms with Crippen LogP contribution in [0.1, 0.15) is 18.5 Å². The van der Waals surface area contributed by atoms with E-state index in [9.17, 15) is 8.42 Å². The van der Waals surface area contributed by atoms with Crippen LogP contribution in [0.2, 0.25) is 0 Å². The van der Waals surface area contributed by atoms with Gasteiger partial charge in [-0.25, -0.2) is 8.42 Å². The maximum absolute atomic E-state index is 12.4. The van der Waals surface area contributed by atoms with Crippen LogP contribution in [0.15, 0.2) is 29.2 Å². The minimum absolute atomic E-state index is 0.207. The lowest BCUT2D eigenvalue weighted by atomic mass is 10.1. The Hall–Kier alpha value is -0.950. The van der Waals surface area contributed by atoms with Crippen LogP contribution >= 0.6 is 0 Å². The highest BCUT2D eigenvalue weighted by atomic mass is 32.2. The summed E-state index contributed by atoms with van der Waals surface area (Å²) in [7, 11) is 3.95. The Kier molecular flexibility index (Phi) is 6.13. The van der Waals surface area contributed by atoms with Crippen molar-refractivity contribution in [1.29, 1.82) is 0 Å². The van der Waals surface area contributed by atoms with Gasteiger partial charge in [-0.1, -0.05) is 12.1 Å². The maximum Gasteiger partial charge on any atom is 0.242 e. The molecule has 0 amide bonds. The Morgan fingerprint density at radius 1 is 1.10 bits per heavy atom. The molecule has 1 aromatic rings. The van der Waals surface area contributed by atoms with E-state index in [1.54, 1.807) is 19.2 Å². The molecule has 1 N–H and O–H groups in total. The first-order valence-corrected chi connectivity index (χ1v) is 8.11. The zero-order chi connectivity index (χ0) is 15.3. The Bertz CT molecular complexity index is 512. The van der Waals surface area contributed by atoms with E-state index < -0.39 is 10.0 Å². The molecule has 0 saturated heterocycles. The average Bonchev–Trinajstić information content (AvgIpc) is 2.43. The molecule has 6 heteroatoms. The quantitative estimate of drug-likeness (QED) is 0.820. The van der Waals surface area contributed by atoms with Gasteiger partial charge in [-0.05, 0) is 45.8 Å². The van der Waals surface area contributed by atoms with E-state index in [1.165, 1.54) is 4.31 Å². The molecule has 0 spiro atoms. The molecule has 0 aliphatic rings. The molecule has 0 aliphatic heterocycles. The summed E-state index contributed by atoms with van der Waals surface area (Å²) in [6.07, 6.45) is 0. The molecule has 1 rings (SSSR count). The molecule has 1 unspecified atom stereocenters. The summed E-state index contributed by atoms with van der Waals surface area (Å²) < 4.78 is 26.2. The predicted octanol–water partition coefficient (Wildman–Crippen LogP) is 1.15. The molecule has 0 heterocycles. The highest BCUT2D eigenvalue weighted by Crippen LogP contribution is 2.18. The summed E-state index contributed by atoms with van der Waals surface area (Å²) in [6.45, 7) is 3.21. The van der Waals surface area contributed by atoms with Gasteiger partial charge in [-0.2, -0.15) is 4.31 Å². The molecule has 0 aromatic heterocycles. The lowest BCUT2D eigenvalue weighted by Gasteiger charge is -2.20. The first-order valence-electron chi connectivity index (χ1n) is 6.67. The summed E-state index contributed by atoms with van der Waals surface area (Å²) in [5.41, 5.74) is 1.07. The van der Waals surface area contributed by atoms with Crippen LogP contribution in [0.25, 0.3) is 0 Å². The summed E-state index contributed by atoms with van der Waals surface area (Å²) in [5, 5.41) is 3.13. The average molecular weight is 299 g/mol. The van der Waals surface area contributed by atoms with Crippen LogP contribution in [-0.2, 0) is 10.0 Å². The zero-order valence-electron chi connectivity index (χ0n) is 12.9. The Balaban J connectivity index is 2.87. The largest absolute Gasteiger partial charge is 0.313 e. The summed E-state index contributed by atoms with van der Waals surface area (Å²) >= 11 is 0. The third-order valence-electron chi connectivity index (χ3n) is 3.38. The van der Waals surface area contributed by atoms with Crippen molar-refractivity contribution in [3.05, 3.63) is 29.8 Å². The van der Waals surface area contributed by atoms with Gasteiger partial charge in [0.25, 0.3) is 0 Å². The maximum atomic E-state index is 12.4. The van der Waals surface area contributed by atoms with E-state index in [0.29, 0.717) is 18.0 Å². The molecule has 20 heavy (non-hydrogen) atoms.